The first-order valence-electron chi connectivity index (χ1n) is 8.80. The van der Waals surface area contributed by atoms with E-state index in [1.54, 1.807) is 17.0 Å². The Balaban J connectivity index is 1.55. The van der Waals surface area contributed by atoms with Gasteiger partial charge in [0.05, 0.1) is 11.5 Å². The Hall–Kier alpha value is -2.96. The van der Waals surface area contributed by atoms with Crippen LogP contribution in [0, 0.1) is 0 Å². The van der Waals surface area contributed by atoms with Crippen LogP contribution in [0.4, 0.5) is 8.78 Å². The Kier molecular flexibility index (Phi) is 4.75. The van der Waals surface area contributed by atoms with Gasteiger partial charge in [-0.2, -0.15) is 8.78 Å². The average molecular weight is 372 g/mol. The number of aromatic nitrogens is 1. The van der Waals surface area contributed by atoms with Gasteiger partial charge in [-0.15, -0.1) is 0 Å². The average Bonchev–Trinajstić information content (AvgIpc) is 3.12. The quantitative estimate of drug-likeness (QED) is 0.679. The van der Waals surface area contributed by atoms with E-state index < -0.39 is 6.61 Å². The van der Waals surface area contributed by atoms with Crippen molar-refractivity contribution in [1.29, 1.82) is 0 Å². The number of amides is 1. The SMILES string of the molecule is O=C(c1ccccc1OC(F)F)N1CCC[C@@H](c2nc3ccccc3o2)C1. The summed E-state index contributed by atoms with van der Waals surface area (Å²) in [6.07, 6.45) is 1.64. The fourth-order valence-electron chi connectivity index (χ4n) is 3.44. The molecule has 3 aromatic rings. The van der Waals surface area contributed by atoms with E-state index in [4.69, 9.17) is 4.42 Å². The first-order valence-corrected chi connectivity index (χ1v) is 8.80. The second-order valence-electron chi connectivity index (χ2n) is 6.48. The summed E-state index contributed by atoms with van der Waals surface area (Å²) < 4.78 is 35.6. The number of alkyl halides is 2. The lowest BCUT2D eigenvalue weighted by molar-refractivity contribution is -0.0503. The number of fused-ring (bicyclic) bond motifs is 1. The highest BCUT2D eigenvalue weighted by Gasteiger charge is 2.30. The lowest BCUT2D eigenvalue weighted by atomic mass is 9.97. The van der Waals surface area contributed by atoms with Gasteiger partial charge in [-0.3, -0.25) is 4.79 Å². The van der Waals surface area contributed by atoms with E-state index in [1.807, 2.05) is 24.3 Å². The number of benzene rings is 2. The van der Waals surface area contributed by atoms with Crippen LogP contribution in [0.5, 0.6) is 5.75 Å². The molecule has 1 saturated heterocycles. The summed E-state index contributed by atoms with van der Waals surface area (Å²) in [6.45, 7) is -2.00. The highest BCUT2D eigenvalue weighted by Crippen LogP contribution is 2.31. The number of halogens is 2. The monoisotopic (exact) mass is 372 g/mol. The molecule has 1 amide bonds. The summed E-state index contributed by atoms with van der Waals surface area (Å²) in [7, 11) is 0. The van der Waals surface area contributed by atoms with Crippen molar-refractivity contribution < 1.29 is 22.7 Å². The van der Waals surface area contributed by atoms with E-state index in [2.05, 4.69) is 9.72 Å². The highest BCUT2D eigenvalue weighted by molar-refractivity contribution is 5.97. The van der Waals surface area contributed by atoms with Crippen LogP contribution in [0.25, 0.3) is 11.1 Å². The summed E-state index contributed by atoms with van der Waals surface area (Å²) in [4.78, 5) is 19.1. The van der Waals surface area contributed by atoms with Gasteiger partial charge in [0.25, 0.3) is 5.91 Å². The number of carbonyl (C=O) groups is 1. The summed E-state index contributed by atoms with van der Waals surface area (Å²) in [5.41, 5.74) is 1.63. The summed E-state index contributed by atoms with van der Waals surface area (Å²) >= 11 is 0. The molecular formula is C20H18F2N2O3. The molecule has 7 heteroatoms. The number of hydrogen-bond donors (Lipinski definition) is 0. The minimum atomic E-state index is -2.98. The van der Waals surface area contributed by atoms with Crippen molar-refractivity contribution in [3.63, 3.8) is 0 Å². The van der Waals surface area contributed by atoms with Gasteiger partial charge >= 0.3 is 6.61 Å². The predicted octanol–water partition coefficient (Wildman–Crippen LogP) is 4.45. The van der Waals surface area contributed by atoms with Crippen molar-refractivity contribution in [2.45, 2.75) is 25.4 Å². The molecule has 1 fully saturated rings. The molecular weight excluding hydrogens is 354 g/mol. The van der Waals surface area contributed by atoms with Crippen molar-refractivity contribution in [1.82, 2.24) is 9.88 Å². The van der Waals surface area contributed by atoms with E-state index in [9.17, 15) is 13.6 Å². The smallest absolute Gasteiger partial charge is 0.387 e. The minimum Gasteiger partial charge on any atom is -0.440 e. The first-order chi connectivity index (χ1) is 13.1. The third-order valence-electron chi connectivity index (χ3n) is 4.70. The second kappa shape index (κ2) is 7.34. The van der Waals surface area contributed by atoms with E-state index in [-0.39, 0.29) is 23.1 Å². The normalized spacial score (nSPS) is 17.4. The van der Waals surface area contributed by atoms with Crippen molar-refractivity contribution in [2.75, 3.05) is 13.1 Å². The fourth-order valence-corrected chi connectivity index (χ4v) is 3.44. The molecule has 4 rings (SSSR count). The molecule has 0 N–H and O–H groups in total. The summed E-state index contributed by atoms with van der Waals surface area (Å²) in [6, 6.07) is 13.6. The van der Waals surface area contributed by atoms with Crippen molar-refractivity contribution in [2.24, 2.45) is 0 Å². The van der Waals surface area contributed by atoms with E-state index in [0.29, 0.717) is 24.6 Å². The van der Waals surface area contributed by atoms with Crippen LogP contribution < -0.4 is 4.74 Å². The number of oxazole rings is 1. The molecule has 2 aromatic carbocycles. The Labute approximate surface area is 154 Å². The third kappa shape index (κ3) is 3.63. The third-order valence-corrected chi connectivity index (χ3v) is 4.70. The number of hydrogen-bond acceptors (Lipinski definition) is 4. The van der Waals surface area contributed by atoms with Gasteiger partial charge in [-0.05, 0) is 37.1 Å². The molecule has 0 radical (unpaired) electrons. The van der Waals surface area contributed by atoms with Crippen LogP contribution in [0.2, 0.25) is 0 Å². The van der Waals surface area contributed by atoms with Gasteiger partial charge in [0.1, 0.15) is 11.3 Å². The van der Waals surface area contributed by atoms with E-state index in [0.717, 1.165) is 18.4 Å². The molecule has 2 heterocycles. The minimum absolute atomic E-state index is 0.0294. The zero-order valence-electron chi connectivity index (χ0n) is 14.5. The van der Waals surface area contributed by atoms with Crippen LogP contribution in [-0.4, -0.2) is 35.5 Å². The van der Waals surface area contributed by atoms with Crippen LogP contribution in [0.3, 0.4) is 0 Å². The zero-order valence-corrected chi connectivity index (χ0v) is 14.5. The molecule has 0 bridgehead atoms. The van der Waals surface area contributed by atoms with Crippen LogP contribution in [-0.2, 0) is 0 Å². The number of para-hydroxylation sites is 3. The van der Waals surface area contributed by atoms with Gasteiger partial charge in [0, 0.05) is 13.1 Å². The maximum absolute atomic E-state index is 12.9. The molecule has 0 unspecified atom stereocenters. The van der Waals surface area contributed by atoms with Gasteiger partial charge in [-0.25, -0.2) is 4.98 Å². The maximum atomic E-state index is 12.9. The molecule has 5 nitrogen and oxygen atoms in total. The molecule has 0 aliphatic carbocycles. The van der Waals surface area contributed by atoms with E-state index in [1.165, 1.54) is 12.1 Å². The topological polar surface area (TPSA) is 55.6 Å². The number of carbonyl (C=O) groups excluding carboxylic acids is 1. The maximum Gasteiger partial charge on any atom is 0.387 e. The van der Waals surface area contributed by atoms with Crippen molar-refractivity contribution in [3.8, 4) is 5.75 Å². The van der Waals surface area contributed by atoms with Gasteiger partial charge < -0.3 is 14.1 Å². The Bertz CT molecular complexity index is 924. The molecule has 1 atom stereocenters. The second-order valence-corrected chi connectivity index (χ2v) is 6.48. The first kappa shape index (κ1) is 17.5. The molecule has 0 saturated carbocycles. The van der Waals surface area contributed by atoms with Gasteiger partial charge in [0.15, 0.2) is 11.5 Å². The van der Waals surface area contributed by atoms with Crippen LogP contribution in [0.1, 0.15) is 35.0 Å². The predicted molar refractivity (Wildman–Crippen MR) is 95.0 cm³/mol. The number of nitrogens with zero attached hydrogens (tertiary/aromatic N) is 2. The number of ether oxygens (including phenoxy) is 1. The molecule has 1 aliphatic heterocycles. The number of piperidine rings is 1. The highest BCUT2D eigenvalue weighted by atomic mass is 19.3. The molecule has 1 aromatic heterocycles. The largest absolute Gasteiger partial charge is 0.440 e. The number of likely N-dealkylation sites (tertiary alicyclic amines) is 1. The Morgan fingerprint density at radius 3 is 2.78 bits per heavy atom. The zero-order chi connectivity index (χ0) is 18.8. The van der Waals surface area contributed by atoms with Crippen LogP contribution >= 0.6 is 0 Å². The fraction of sp³-hybridized carbons (Fsp3) is 0.300. The molecule has 1 aliphatic rings. The van der Waals surface area contributed by atoms with E-state index >= 15 is 0 Å². The molecule has 0 spiro atoms. The van der Waals surface area contributed by atoms with Crippen molar-refractivity contribution >= 4 is 17.0 Å². The van der Waals surface area contributed by atoms with Gasteiger partial charge in [-0.1, -0.05) is 24.3 Å². The Morgan fingerprint density at radius 2 is 1.96 bits per heavy atom. The molecule has 27 heavy (non-hydrogen) atoms. The molecule has 140 valence electrons. The van der Waals surface area contributed by atoms with Gasteiger partial charge in [0.2, 0.25) is 0 Å². The standard InChI is InChI=1S/C20H18F2N2O3/c21-20(22)27-16-9-3-1-7-14(16)19(25)24-11-5-6-13(12-24)18-23-15-8-2-4-10-17(15)26-18/h1-4,7-10,13,20H,5-6,11-12H2/t13-/m1/s1. The summed E-state index contributed by atoms with van der Waals surface area (Å²) in [5, 5.41) is 0. The lowest BCUT2D eigenvalue weighted by Crippen LogP contribution is -2.39. The lowest BCUT2D eigenvalue weighted by Gasteiger charge is -2.31. The number of rotatable bonds is 4. The van der Waals surface area contributed by atoms with Crippen LogP contribution in [0.15, 0.2) is 52.9 Å². The van der Waals surface area contributed by atoms with Crippen molar-refractivity contribution in [3.05, 3.63) is 60.0 Å². The summed E-state index contributed by atoms with van der Waals surface area (Å²) in [5.74, 6) is 0.137. The Morgan fingerprint density at radius 1 is 1.19 bits per heavy atom.